The molecular weight excluding hydrogens is 478 g/mol. The fraction of sp³-hybridized carbons (Fsp3) is 0.304. The van der Waals surface area contributed by atoms with Gasteiger partial charge in [-0.2, -0.15) is 0 Å². The number of ether oxygens (including phenoxy) is 2. The number of benzene rings is 2. The second-order valence-electron chi connectivity index (χ2n) is 7.50. The first-order valence-corrected chi connectivity index (χ1v) is 12.0. The molecule has 0 unspecified atom stereocenters. The van der Waals surface area contributed by atoms with Gasteiger partial charge in [0, 0.05) is 31.4 Å². The molecule has 1 N–H and O–H groups in total. The number of nitrogens with one attached hydrogen (secondary N) is 1. The predicted molar refractivity (Wildman–Crippen MR) is 129 cm³/mol. The van der Waals surface area contributed by atoms with E-state index in [1.54, 1.807) is 45.9 Å². The van der Waals surface area contributed by atoms with E-state index >= 15 is 0 Å². The molecule has 1 saturated heterocycles. The third-order valence-electron chi connectivity index (χ3n) is 5.14. The highest BCUT2D eigenvalue weighted by atomic mass is 35.5. The van der Waals surface area contributed by atoms with Crippen LogP contribution < -0.4 is 10.1 Å². The average molecular weight is 502 g/mol. The third-order valence-corrected chi connectivity index (χ3v) is 6.47. The summed E-state index contributed by atoms with van der Waals surface area (Å²) in [5, 5.41) is 12.2. The van der Waals surface area contributed by atoms with Crippen molar-refractivity contribution in [2.45, 2.75) is 11.8 Å². The lowest BCUT2D eigenvalue weighted by molar-refractivity contribution is -0.113. The molecule has 2 heterocycles. The number of carbonyl (C=O) groups is 2. The SMILES string of the molecule is Cn1c(COc2ccccc2Cl)nnc1SCC(=O)Nc1cccc(C(=O)N2CCOCC2)c1. The summed E-state index contributed by atoms with van der Waals surface area (Å²) in [4.78, 5) is 26.9. The van der Waals surface area contributed by atoms with E-state index in [4.69, 9.17) is 21.1 Å². The van der Waals surface area contributed by atoms with E-state index < -0.39 is 0 Å². The molecule has 0 bridgehead atoms. The summed E-state index contributed by atoms with van der Waals surface area (Å²) in [5.74, 6) is 1.03. The first-order chi connectivity index (χ1) is 16.5. The number of hydrogen-bond acceptors (Lipinski definition) is 7. The van der Waals surface area contributed by atoms with Gasteiger partial charge in [0.25, 0.3) is 5.91 Å². The van der Waals surface area contributed by atoms with Crippen molar-refractivity contribution in [2.24, 2.45) is 7.05 Å². The summed E-state index contributed by atoms with van der Waals surface area (Å²) in [6, 6.07) is 14.1. The molecule has 178 valence electrons. The van der Waals surface area contributed by atoms with Gasteiger partial charge in [-0.05, 0) is 30.3 Å². The molecule has 2 amide bonds. The minimum Gasteiger partial charge on any atom is -0.484 e. The molecule has 2 aromatic carbocycles. The maximum Gasteiger partial charge on any atom is 0.254 e. The summed E-state index contributed by atoms with van der Waals surface area (Å²) in [5.41, 5.74) is 1.10. The number of rotatable bonds is 8. The first kappa shape index (κ1) is 24.1. The van der Waals surface area contributed by atoms with E-state index in [1.807, 2.05) is 19.2 Å². The standard InChI is InChI=1S/C23H24ClN5O4S/c1-28-20(14-33-19-8-3-2-7-18(19)24)26-27-23(28)34-15-21(30)25-17-6-4-5-16(13-17)22(31)29-9-11-32-12-10-29/h2-8,13H,9-12,14-15H2,1H3,(H,25,30). The number of aromatic nitrogens is 3. The minimum absolute atomic E-state index is 0.0700. The minimum atomic E-state index is -0.210. The molecule has 4 rings (SSSR count). The number of anilines is 1. The van der Waals surface area contributed by atoms with Crippen LogP contribution in [0, 0.1) is 0 Å². The number of morpholine rings is 1. The molecule has 0 saturated carbocycles. The van der Waals surface area contributed by atoms with E-state index in [0.717, 1.165) is 0 Å². The highest BCUT2D eigenvalue weighted by Gasteiger charge is 2.19. The molecule has 1 fully saturated rings. The number of nitrogens with zero attached hydrogens (tertiary/aromatic N) is 4. The van der Waals surface area contributed by atoms with Crippen LogP contribution in [0.25, 0.3) is 0 Å². The van der Waals surface area contributed by atoms with E-state index in [1.165, 1.54) is 11.8 Å². The largest absolute Gasteiger partial charge is 0.484 e. The Morgan fingerprint density at radius 1 is 1.15 bits per heavy atom. The van der Waals surface area contributed by atoms with Gasteiger partial charge in [0.05, 0.1) is 24.0 Å². The normalized spacial score (nSPS) is 13.5. The molecule has 1 aliphatic rings. The number of para-hydroxylation sites is 1. The Labute approximate surface area is 206 Å². The van der Waals surface area contributed by atoms with Gasteiger partial charge in [-0.3, -0.25) is 9.59 Å². The zero-order valence-corrected chi connectivity index (χ0v) is 20.1. The molecule has 0 radical (unpaired) electrons. The van der Waals surface area contributed by atoms with Crippen LogP contribution in [0.2, 0.25) is 5.02 Å². The molecule has 0 spiro atoms. The van der Waals surface area contributed by atoms with Crippen molar-refractivity contribution in [1.29, 1.82) is 0 Å². The van der Waals surface area contributed by atoms with Gasteiger partial charge in [0.1, 0.15) is 12.4 Å². The summed E-state index contributed by atoms with van der Waals surface area (Å²) >= 11 is 7.37. The summed E-state index contributed by atoms with van der Waals surface area (Å²) < 4.78 is 12.8. The van der Waals surface area contributed by atoms with Gasteiger partial charge < -0.3 is 24.3 Å². The van der Waals surface area contributed by atoms with Crippen molar-refractivity contribution in [3.63, 3.8) is 0 Å². The Hall–Kier alpha value is -3.08. The van der Waals surface area contributed by atoms with Crippen LogP contribution in [0.15, 0.2) is 53.7 Å². The number of halogens is 1. The summed E-state index contributed by atoms with van der Waals surface area (Å²) in [7, 11) is 1.81. The Morgan fingerprint density at radius 3 is 2.74 bits per heavy atom. The van der Waals surface area contributed by atoms with E-state index in [0.29, 0.717) is 59.3 Å². The number of carbonyl (C=O) groups excluding carboxylic acids is 2. The molecular formula is C23H24ClN5O4S. The first-order valence-electron chi connectivity index (χ1n) is 10.7. The van der Waals surface area contributed by atoms with Gasteiger partial charge in [-0.15, -0.1) is 10.2 Å². The molecule has 1 aromatic heterocycles. The quantitative estimate of drug-likeness (QED) is 0.473. The van der Waals surface area contributed by atoms with Gasteiger partial charge in [0.2, 0.25) is 5.91 Å². The van der Waals surface area contributed by atoms with Gasteiger partial charge in [-0.1, -0.05) is 41.6 Å². The zero-order valence-electron chi connectivity index (χ0n) is 18.6. The summed E-state index contributed by atoms with van der Waals surface area (Å²) in [6.45, 7) is 2.40. The Kier molecular flexibility index (Phi) is 8.04. The van der Waals surface area contributed by atoms with E-state index in [9.17, 15) is 9.59 Å². The lowest BCUT2D eigenvalue weighted by atomic mass is 10.1. The van der Waals surface area contributed by atoms with E-state index in [2.05, 4.69) is 15.5 Å². The van der Waals surface area contributed by atoms with Crippen LogP contribution in [-0.4, -0.2) is 63.5 Å². The molecule has 1 aliphatic heterocycles. The van der Waals surface area contributed by atoms with Crippen molar-refractivity contribution in [1.82, 2.24) is 19.7 Å². The van der Waals surface area contributed by atoms with Crippen LogP contribution in [0.5, 0.6) is 5.75 Å². The maximum atomic E-state index is 12.7. The van der Waals surface area contributed by atoms with Crippen molar-refractivity contribution in [2.75, 3.05) is 37.4 Å². The lowest BCUT2D eigenvalue weighted by Crippen LogP contribution is -2.40. The molecule has 9 nitrogen and oxygen atoms in total. The second kappa shape index (κ2) is 11.4. The van der Waals surface area contributed by atoms with E-state index in [-0.39, 0.29) is 24.2 Å². The van der Waals surface area contributed by atoms with Crippen LogP contribution in [0.4, 0.5) is 5.69 Å². The Morgan fingerprint density at radius 2 is 1.94 bits per heavy atom. The van der Waals surface area contributed by atoms with Gasteiger partial charge in [0.15, 0.2) is 11.0 Å². The lowest BCUT2D eigenvalue weighted by Gasteiger charge is -2.27. The monoisotopic (exact) mass is 501 g/mol. The highest BCUT2D eigenvalue weighted by molar-refractivity contribution is 7.99. The Balaban J connectivity index is 1.29. The smallest absolute Gasteiger partial charge is 0.254 e. The number of amides is 2. The summed E-state index contributed by atoms with van der Waals surface area (Å²) in [6.07, 6.45) is 0. The van der Waals surface area contributed by atoms with Gasteiger partial charge >= 0.3 is 0 Å². The maximum absolute atomic E-state index is 12.7. The Bertz CT molecular complexity index is 1170. The molecule has 3 aromatic rings. The number of thioether (sulfide) groups is 1. The second-order valence-corrected chi connectivity index (χ2v) is 8.85. The van der Waals surface area contributed by atoms with Crippen molar-refractivity contribution >= 4 is 40.9 Å². The topological polar surface area (TPSA) is 98.6 Å². The van der Waals surface area contributed by atoms with Crippen LogP contribution in [0.3, 0.4) is 0 Å². The van der Waals surface area contributed by atoms with Crippen molar-refractivity contribution in [3.05, 3.63) is 64.9 Å². The van der Waals surface area contributed by atoms with Gasteiger partial charge in [-0.25, -0.2) is 0 Å². The fourth-order valence-electron chi connectivity index (χ4n) is 3.31. The van der Waals surface area contributed by atoms with Crippen molar-refractivity contribution < 1.29 is 19.1 Å². The van der Waals surface area contributed by atoms with Crippen LogP contribution in [0.1, 0.15) is 16.2 Å². The van der Waals surface area contributed by atoms with Crippen LogP contribution in [-0.2, 0) is 23.2 Å². The molecule has 0 aliphatic carbocycles. The average Bonchev–Trinajstić information content (AvgIpc) is 3.21. The zero-order chi connectivity index (χ0) is 23.9. The fourth-order valence-corrected chi connectivity index (χ4v) is 4.23. The van der Waals surface area contributed by atoms with Crippen LogP contribution >= 0.6 is 23.4 Å². The highest BCUT2D eigenvalue weighted by Crippen LogP contribution is 2.24. The molecule has 0 atom stereocenters. The number of hydrogen-bond donors (Lipinski definition) is 1. The molecule has 11 heteroatoms. The predicted octanol–water partition coefficient (Wildman–Crippen LogP) is 3.25. The third kappa shape index (κ3) is 6.07. The van der Waals surface area contributed by atoms with Crippen molar-refractivity contribution in [3.8, 4) is 5.75 Å². The molecule has 34 heavy (non-hydrogen) atoms.